The van der Waals surface area contributed by atoms with Crippen molar-refractivity contribution in [3.8, 4) is 0 Å². The molecule has 2 nitrogen and oxygen atoms in total. The summed E-state index contributed by atoms with van der Waals surface area (Å²) in [5.74, 6) is 2.06. The molecule has 1 spiro atoms. The highest BCUT2D eigenvalue weighted by atomic mass is 16.6. The van der Waals surface area contributed by atoms with Crippen molar-refractivity contribution in [1.82, 2.24) is 0 Å². The fraction of sp³-hybridized carbons (Fsp3) is 0.917. The van der Waals surface area contributed by atoms with Crippen molar-refractivity contribution in [1.29, 1.82) is 0 Å². The van der Waals surface area contributed by atoms with Crippen LogP contribution in [0, 0.1) is 17.8 Å². The molecule has 2 heteroatoms. The SMILES string of the molecule is CC1CC2CCCC3CC(=O)OC32C1. The van der Waals surface area contributed by atoms with Crippen molar-refractivity contribution in [2.75, 3.05) is 0 Å². The number of ether oxygens (including phenoxy) is 1. The van der Waals surface area contributed by atoms with Gasteiger partial charge in [-0.2, -0.15) is 0 Å². The highest BCUT2D eigenvalue weighted by Crippen LogP contribution is 2.56. The van der Waals surface area contributed by atoms with Crippen LogP contribution in [0.4, 0.5) is 0 Å². The quantitative estimate of drug-likeness (QED) is 0.554. The normalized spacial score (nSPS) is 51.2. The van der Waals surface area contributed by atoms with Gasteiger partial charge >= 0.3 is 5.97 Å². The van der Waals surface area contributed by atoms with Crippen LogP contribution in [0.3, 0.4) is 0 Å². The van der Waals surface area contributed by atoms with Crippen molar-refractivity contribution in [2.24, 2.45) is 17.8 Å². The fourth-order valence-corrected chi connectivity index (χ4v) is 4.13. The molecule has 0 bridgehead atoms. The highest BCUT2D eigenvalue weighted by Gasteiger charge is 2.59. The third kappa shape index (κ3) is 0.999. The van der Waals surface area contributed by atoms with E-state index in [1.165, 1.54) is 25.7 Å². The molecule has 4 atom stereocenters. The molecular weight excluding hydrogens is 176 g/mol. The molecule has 0 aromatic rings. The molecule has 14 heavy (non-hydrogen) atoms. The van der Waals surface area contributed by atoms with Crippen LogP contribution in [0.2, 0.25) is 0 Å². The van der Waals surface area contributed by atoms with E-state index >= 15 is 0 Å². The predicted octanol–water partition coefficient (Wildman–Crippen LogP) is 2.52. The molecule has 3 fully saturated rings. The van der Waals surface area contributed by atoms with Crippen molar-refractivity contribution in [2.45, 2.75) is 51.0 Å². The number of carbonyl (C=O) groups is 1. The zero-order valence-electron chi connectivity index (χ0n) is 8.79. The van der Waals surface area contributed by atoms with Crippen LogP contribution < -0.4 is 0 Å². The van der Waals surface area contributed by atoms with Gasteiger partial charge in [-0.3, -0.25) is 4.79 Å². The van der Waals surface area contributed by atoms with E-state index in [0.29, 0.717) is 18.3 Å². The maximum absolute atomic E-state index is 11.4. The first-order valence-electron chi connectivity index (χ1n) is 5.92. The minimum absolute atomic E-state index is 0.00521. The van der Waals surface area contributed by atoms with Crippen LogP contribution >= 0.6 is 0 Å². The second kappa shape index (κ2) is 2.74. The van der Waals surface area contributed by atoms with Gasteiger partial charge in [0.1, 0.15) is 5.60 Å². The van der Waals surface area contributed by atoms with Crippen molar-refractivity contribution in [3.63, 3.8) is 0 Å². The minimum Gasteiger partial charge on any atom is -0.458 e. The van der Waals surface area contributed by atoms with Gasteiger partial charge in [0.05, 0.1) is 6.42 Å². The first-order chi connectivity index (χ1) is 6.71. The summed E-state index contributed by atoms with van der Waals surface area (Å²) in [6.45, 7) is 2.30. The number of carbonyl (C=O) groups excluding carboxylic acids is 1. The lowest BCUT2D eigenvalue weighted by molar-refractivity contribution is -0.154. The van der Waals surface area contributed by atoms with E-state index in [0.717, 1.165) is 12.3 Å². The van der Waals surface area contributed by atoms with Gasteiger partial charge in [0.15, 0.2) is 0 Å². The van der Waals surface area contributed by atoms with E-state index in [4.69, 9.17) is 4.74 Å². The molecular formula is C12H18O2. The standard InChI is InChI=1S/C12H18O2/c1-8-5-9-3-2-4-10-6-11(13)14-12(9,10)7-8/h8-10H,2-7H2,1H3. The molecule has 3 aliphatic rings. The summed E-state index contributed by atoms with van der Waals surface area (Å²) in [5.41, 5.74) is -0.00521. The Hall–Kier alpha value is -0.530. The highest BCUT2D eigenvalue weighted by molar-refractivity contribution is 5.73. The predicted molar refractivity (Wildman–Crippen MR) is 52.7 cm³/mol. The van der Waals surface area contributed by atoms with E-state index in [9.17, 15) is 4.79 Å². The van der Waals surface area contributed by atoms with E-state index < -0.39 is 0 Å². The molecule has 0 aromatic heterocycles. The van der Waals surface area contributed by atoms with Crippen LogP contribution in [-0.4, -0.2) is 11.6 Å². The molecule has 4 unspecified atom stereocenters. The average molecular weight is 194 g/mol. The van der Waals surface area contributed by atoms with Gasteiger partial charge in [0.25, 0.3) is 0 Å². The number of hydrogen-bond acceptors (Lipinski definition) is 2. The van der Waals surface area contributed by atoms with E-state index in [1.807, 2.05) is 0 Å². The largest absolute Gasteiger partial charge is 0.458 e. The smallest absolute Gasteiger partial charge is 0.306 e. The Morgan fingerprint density at radius 1 is 1.36 bits per heavy atom. The van der Waals surface area contributed by atoms with Gasteiger partial charge in [-0.25, -0.2) is 0 Å². The first kappa shape index (κ1) is 8.75. The Labute approximate surface area is 85.0 Å². The van der Waals surface area contributed by atoms with Crippen LogP contribution in [0.25, 0.3) is 0 Å². The van der Waals surface area contributed by atoms with Crippen LogP contribution in [0.5, 0.6) is 0 Å². The van der Waals surface area contributed by atoms with Gasteiger partial charge in [-0.05, 0) is 37.5 Å². The molecule has 0 N–H and O–H groups in total. The Bertz CT molecular complexity index is 273. The lowest BCUT2D eigenvalue weighted by Gasteiger charge is -2.39. The molecule has 0 amide bonds. The molecule has 2 saturated carbocycles. The summed E-state index contributed by atoms with van der Waals surface area (Å²) in [5, 5.41) is 0. The number of rotatable bonds is 0. The average Bonchev–Trinajstić information content (AvgIpc) is 2.57. The Kier molecular flexibility index (Phi) is 1.71. The van der Waals surface area contributed by atoms with Crippen molar-refractivity contribution >= 4 is 5.97 Å². The molecule has 0 aromatic carbocycles. The second-order valence-corrected chi connectivity index (χ2v) is 5.50. The molecule has 1 saturated heterocycles. The Morgan fingerprint density at radius 2 is 2.14 bits per heavy atom. The lowest BCUT2D eigenvalue weighted by Crippen LogP contribution is -2.42. The van der Waals surface area contributed by atoms with Crippen LogP contribution in [0.15, 0.2) is 0 Å². The zero-order valence-corrected chi connectivity index (χ0v) is 8.79. The maximum atomic E-state index is 11.4. The topological polar surface area (TPSA) is 26.3 Å². The summed E-state index contributed by atoms with van der Waals surface area (Å²) < 4.78 is 5.71. The molecule has 2 aliphatic carbocycles. The summed E-state index contributed by atoms with van der Waals surface area (Å²) in [7, 11) is 0. The van der Waals surface area contributed by atoms with Crippen molar-refractivity contribution < 1.29 is 9.53 Å². The summed E-state index contributed by atoms with van der Waals surface area (Å²) in [6.07, 6.45) is 6.92. The van der Waals surface area contributed by atoms with Crippen LogP contribution in [0.1, 0.15) is 45.4 Å². The lowest BCUT2D eigenvalue weighted by atomic mass is 9.70. The molecule has 78 valence electrons. The van der Waals surface area contributed by atoms with Gasteiger partial charge in [-0.1, -0.05) is 13.3 Å². The Balaban J connectivity index is 1.95. The Morgan fingerprint density at radius 3 is 3.00 bits per heavy atom. The summed E-state index contributed by atoms with van der Waals surface area (Å²) >= 11 is 0. The van der Waals surface area contributed by atoms with Gasteiger partial charge in [-0.15, -0.1) is 0 Å². The summed E-state index contributed by atoms with van der Waals surface area (Å²) in [6, 6.07) is 0. The molecule has 1 aliphatic heterocycles. The van der Waals surface area contributed by atoms with Gasteiger partial charge in [0.2, 0.25) is 0 Å². The third-order valence-corrected chi connectivity index (χ3v) is 4.56. The first-order valence-corrected chi connectivity index (χ1v) is 5.92. The number of hydrogen-bond donors (Lipinski definition) is 0. The van der Waals surface area contributed by atoms with Crippen molar-refractivity contribution in [3.05, 3.63) is 0 Å². The molecule has 3 rings (SSSR count). The summed E-state index contributed by atoms with van der Waals surface area (Å²) in [4.78, 5) is 11.4. The van der Waals surface area contributed by atoms with Gasteiger partial charge in [0, 0.05) is 5.92 Å². The molecule has 1 heterocycles. The fourth-order valence-electron chi connectivity index (χ4n) is 4.13. The second-order valence-electron chi connectivity index (χ2n) is 5.50. The van der Waals surface area contributed by atoms with Crippen LogP contribution in [-0.2, 0) is 9.53 Å². The number of esters is 1. The monoisotopic (exact) mass is 194 g/mol. The zero-order chi connectivity index (χ0) is 9.76. The third-order valence-electron chi connectivity index (χ3n) is 4.56. The van der Waals surface area contributed by atoms with Gasteiger partial charge < -0.3 is 4.74 Å². The van der Waals surface area contributed by atoms with E-state index in [2.05, 4.69) is 6.92 Å². The van der Waals surface area contributed by atoms with E-state index in [-0.39, 0.29) is 11.6 Å². The maximum Gasteiger partial charge on any atom is 0.306 e. The minimum atomic E-state index is -0.00521. The van der Waals surface area contributed by atoms with E-state index in [1.54, 1.807) is 0 Å². The molecule has 0 radical (unpaired) electrons.